The van der Waals surface area contributed by atoms with Gasteiger partial charge in [-0.15, -0.1) is 26.8 Å². The fourth-order valence-electron chi connectivity index (χ4n) is 1.32. The molecular weight excluding hydrogens is 297 g/mol. The van der Waals surface area contributed by atoms with Crippen LogP contribution in [0.25, 0.3) is 0 Å². The summed E-state index contributed by atoms with van der Waals surface area (Å²) in [5, 5.41) is 1.32. The molecular formula is C8H22NO2P5. The minimum Gasteiger partial charge on any atom is -0.275 e. The molecule has 0 aromatic heterocycles. The van der Waals surface area contributed by atoms with Crippen LogP contribution in [0.1, 0.15) is 19.8 Å². The Kier molecular flexibility index (Phi) is 10.4. The van der Waals surface area contributed by atoms with Gasteiger partial charge in [0.05, 0.1) is 7.11 Å². The average molecular weight is 319 g/mol. The van der Waals surface area contributed by atoms with Crippen molar-refractivity contribution in [2.45, 2.75) is 19.8 Å². The summed E-state index contributed by atoms with van der Waals surface area (Å²) in [5.41, 5.74) is 0. The van der Waals surface area contributed by atoms with E-state index in [9.17, 15) is 4.79 Å². The number of amides is 1. The Morgan fingerprint density at radius 3 is 2.38 bits per heavy atom. The molecule has 1 amide bonds. The first-order valence-electron chi connectivity index (χ1n) is 5.05. The van der Waals surface area contributed by atoms with Crippen LogP contribution in [0.15, 0.2) is 0 Å². The smallest absolute Gasteiger partial charge is 0.249 e. The number of hydroxylamine groups is 2. The third-order valence-corrected chi connectivity index (χ3v) is 14.4. The van der Waals surface area contributed by atoms with Gasteiger partial charge < -0.3 is 0 Å². The molecule has 0 heterocycles. The van der Waals surface area contributed by atoms with Crippen molar-refractivity contribution in [3.63, 3.8) is 0 Å². The Morgan fingerprint density at radius 1 is 1.62 bits per heavy atom. The summed E-state index contributed by atoms with van der Waals surface area (Å²) in [6, 6.07) is 0. The second kappa shape index (κ2) is 9.50. The van der Waals surface area contributed by atoms with Crippen LogP contribution in [0.2, 0.25) is 0 Å². The molecule has 0 spiro atoms. The predicted molar refractivity (Wildman–Crippen MR) is 86.0 cm³/mol. The van der Waals surface area contributed by atoms with E-state index in [2.05, 4.69) is 33.7 Å². The number of carbonyl (C=O) groups excluding carboxylic acids is 1. The van der Waals surface area contributed by atoms with Crippen LogP contribution in [0.5, 0.6) is 0 Å². The second-order valence-corrected chi connectivity index (χ2v) is 17.5. The maximum absolute atomic E-state index is 11.3. The number of hydrogen-bond donors (Lipinski definition) is 0. The van der Waals surface area contributed by atoms with Gasteiger partial charge in [0.25, 0.3) is 0 Å². The topological polar surface area (TPSA) is 29.5 Å². The highest BCUT2D eigenvalue weighted by molar-refractivity contribution is 8.77. The zero-order valence-electron chi connectivity index (χ0n) is 10.0. The summed E-state index contributed by atoms with van der Waals surface area (Å²) < 4.78 is 0. The van der Waals surface area contributed by atoms with E-state index in [4.69, 9.17) is 4.84 Å². The lowest BCUT2D eigenvalue weighted by Gasteiger charge is -2.12. The van der Waals surface area contributed by atoms with Gasteiger partial charge in [0.15, 0.2) is 0 Å². The highest BCUT2D eigenvalue weighted by Gasteiger charge is 2.42. The molecule has 0 N–H and O–H groups in total. The first-order valence-corrected chi connectivity index (χ1v) is 13.3. The Balaban J connectivity index is 0.000000385. The molecule has 0 bridgehead atoms. The largest absolute Gasteiger partial charge is 0.275 e. The van der Waals surface area contributed by atoms with Crippen molar-refractivity contribution in [1.29, 1.82) is 0 Å². The number of rotatable bonds is 4. The summed E-state index contributed by atoms with van der Waals surface area (Å²) in [7, 11) is 12.4. The summed E-state index contributed by atoms with van der Waals surface area (Å²) >= 11 is 0. The molecule has 0 aliphatic heterocycles. The Bertz CT molecular complexity index is 217. The molecule has 3 nitrogen and oxygen atoms in total. The summed E-state index contributed by atoms with van der Waals surface area (Å²) in [4.78, 5) is 16.1. The Morgan fingerprint density at radius 2 is 2.12 bits per heavy atom. The molecule has 0 aromatic rings. The van der Waals surface area contributed by atoms with Crippen LogP contribution in [0.3, 0.4) is 0 Å². The van der Waals surface area contributed by atoms with Crippen molar-refractivity contribution in [3.8, 4) is 0 Å². The highest BCUT2D eigenvalue weighted by Crippen LogP contribution is 2.71. The number of hydrogen-bond acceptors (Lipinski definition) is 2. The number of carbonyl (C=O) groups is 1. The van der Waals surface area contributed by atoms with Crippen LogP contribution >= 0.6 is 41.7 Å². The Labute approximate surface area is 108 Å². The van der Waals surface area contributed by atoms with Gasteiger partial charge in [-0.3, -0.25) is 9.63 Å². The van der Waals surface area contributed by atoms with Gasteiger partial charge >= 0.3 is 0 Å². The minimum atomic E-state index is 0.124. The monoisotopic (exact) mass is 319 g/mol. The van der Waals surface area contributed by atoms with Crippen molar-refractivity contribution < 1.29 is 9.63 Å². The molecule has 1 saturated carbocycles. The first-order chi connectivity index (χ1) is 7.47. The molecule has 96 valence electrons. The zero-order chi connectivity index (χ0) is 12.7. The van der Waals surface area contributed by atoms with E-state index in [0.717, 1.165) is 20.8 Å². The third kappa shape index (κ3) is 7.11. The lowest BCUT2D eigenvalue weighted by atomic mass is 10.2. The summed E-state index contributed by atoms with van der Waals surface area (Å²) in [6.45, 7) is 2.34. The van der Waals surface area contributed by atoms with Crippen molar-refractivity contribution >= 4 is 47.6 Å². The average Bonchev–Trinajstić information content (AvgIpc) is 3.06. The fraction of sp³-hybridized carbons (Fsp3) is 0.875. The lowest BCUT2D eigenvalue weighted by molar-refractivity contribution is -0.170. The molecule has 1 fully saturated rings. The van der Waals surface area contributed by atoms with Crippen LogP contribution < -0.4 is 0 Å². The van der Waals surface area contributed by atoms with Crippen molar-refractivity contribution in [2.24, 2.45) is 11.8 Å². The van der Waals surface area contributed by atoms with Gasteiger partial charge in [-0.25, -0.2) is 5.06 Å². The standard InChI is InChI=1S/C8H15NO2.H7P5/c1-4-6-5-7(6)8(10)9(2)11-3;1-4-5(2)3/h6-7H,4-5H2,1-3H3;4H,1-3H2/t6-,7-;/m1./s1. The van der Waals surface area contributed by atoms with E-state index in [1.807, 2.05) is 0 Å². The molecule has 1 rings (SSSR count). The second-order valence-electron chi connectivity index (χ2n) is 3.57. The molecule has 1 aliphatic carbocycles. The molecule has 0 saturated heterocycles. The van der Waals surface area contributed by atoms with Gasteiger partial charge in [-0.05, 0) is 19.3 Å². The minimum absolute atomic E-state index is 0.124. The van der Waals surface area contributed by atoms with Crippen LogP contribution in [-0.4, -0.2) is 25.1 Å². The van der Waals surface area contributed by atoms with Crippen molar-refractivity contribution in [2.75, 3.05) is 14.2 Å². The van der Waals surface area contributed by atoms with E-state index < -0.39 is 0 Å². The molecule has 16 heavy (non-hydrogen) atoms. The quantitative estimate of drug-likeness (QED) is 0.586. The van der Waals surface area contributed by atoms with Crippen LogP contribution in [0, 0.1) is 11.8 Å². The fourth-order valence-corrected chi connectivity index (χ4v) is 1.32. The lowest BCUT2D eigenvalue weighted by Crippen LogP contribution is -2.27. The maximum Gasteiger partial charge on any atom is 0.249 e. The van der Waals surface area contributed by atoms with E-state index >= 15 is 0 Å². The van der Waals surface area contributed by atoms with E-state index in [1.165, 1.54) is 12.2 Å². The molecule has 4 unspecified atom stereocenters. The number of nitrogens with zero attached hydrogens (tertiary/aromatic N) is 1. The molecule has 0 radical (unpaired) electrons. The van der Waals surface area contributed by atoms with Crippen molar-refractivity contribution in [3.05, 3.63) is 0 Å². The van der Waals surface area contributed by atoms with Gasteiger partial charge in [-0.2, -0.15) is 0 Å². The van der Waals surface area contributed by atoms with E-state index in [0.29, 0.717) is 5.92 Å². The summed E-state index contributed by atoms with van der Waals surface area (Å²) in [6.07, 6.45) is 2.15. The predicted octanol–water partition coefficient (Wildman–Crippen LogP) is 3.48. The summed E-state index contributed by atoms with van der Waals surface area (Å²) in [5.74, 6) is 0.976. The SMILES string of the molecule is CC[C@@H]1C[C@H]1C(=O)N(C)OC.PPP(P)P. The zero-order valence-corrected chi connectivity index (χ0v) is 15.4. The van der Waals surface area contributed by atoms with Gasteiger partial charge in [0, 0.05) is 13.0 Å². The normalized spacial score (nSPS) is 23.2. The molecule has 0 aromatic carbocycles. The first kappa shape index (κ1) is 17.6. The molecule has 1 aliphatic rings. The van der Waals surface area contributed by atoms with Gasteiger partial charge in [-0.1, -0.05) is 21.3 Å². The molecule has 8 heteroatoms. The van der Waals surface area contributed by atoms with Crippen molar-refractivity contribution in [1.82, 2.24) is 5.06 Å². The van der Waals surface area contributed by atoms with Gasteiger partial charge in [0.1, 0.15) is 0 Å². The van der Waals surface area contributed by atoms with E-state index in [1.54, 1.807) is 7.05 Å². The Hall–Kier alpha value is 1.58. The third-order valence-electron chi connectivity index (χ3n) is 2.50. The van der Waals surface area contributed by atoms with E-state index in [-0.39, 0.29) is 18.8 Å². The highest BCUT2D eigenvalue weighted by atomic mass is 32.8. The maximum atomic E-state index is 11.3. The van der Waals surface area contributed by atoms with Crippen LogP contribution in [0.4, 0.5) is 0 Å². The van der Waals surface area contributed by atoms with Gasteiger partial charge in [0.2, 0.25) is 5.91 Å². The molecule has 6 atom stereocenters. The van der Waals surface area contributed by atoms with Crippen LogP contribution in [-0.2, 0) is 9.63 Å².